The first-order chi connectivity index (χ1) is 15.7. The second-order valence-corrected chi connectivity index (χ2v) is 7.00. The summed E-state index contributed by atoms with van der Waals surface area (Å²) in [5.41, 5.74) is -0.541. The van der Waals surface area contributed by atoms with E-state index in [-0.39, 0.29) is 30.4 Å². The van der Waals surface area contributed by atoms with Crippen LogP contribution in [0.4, 0.5) is 23.7 Å². The Hall–Kier alpha value is -3.12. The van der Waals surface area contributed by atoms with E-state index < -0.39 is 23.7 Å². The van der Waals surface area contributed by atoms with E-state index in [1.165, 1.54) is 30.4 Å². The third-order valence-corrected chi connectivity index (χ3v) is 4.45. The molecule has 0 aliphatic carbocycles. The standard InChI is InChI=1S/C21H27F3N4O5/c1-31-11-3-9-25-19(29)17-14-33-18(27-17)13-28(10-4-12-32-2)20(30)26-16-7-5-15(6-8-16)21(22,23)24/h5-8,14H,3-4,9-13H2,1-2H3,(H,25,29)(H,26,30). The van der Waals surface area contributed by atoms with E-state index in [1.807, 2.05) is 0 Å². The molecule has 0 saturated carbocycles. The summed E-state index contributed by atoms with van der Waals surface area (Å²) in [6, 6.07) is 3.55. The average Bonchev–Trinajstić information content (AvgIpc) is 3.24. The Labute approximate surface area is 189 Å². The molecule has 0 bridgehead atoms. The van der Waals surface area contributed by atoms with Gasteiger partial charge < -0.3 is 29.4 Å². The van der Waals surface area contributed by atoms with Crippen LogP contribution in [0.25, 0.3) is 0 Å². The molecule has 182 valence electrons. The van der Waals surface area contributed by atoms with E-state index in [4.69, 9.17) is 13.9 Å². The first-order valence-corrected chi connectivity index (χ1v) is 10.2. The maximum absolute atomic E-state index is 12.7. The summed E-state index contributed by atoms with van der Waals surface area (Å²) in [5.74, 6) is -0.279. The highest BCUT2D eigenvalue weighted by atomic mass is 19.4. The van der Waals surface area contributed by atoms with Crippen LogP contribution < -0.4 is 10.6 Å². The Balaban J connectivity index is 2.01. The van der Waals surface area contributed by atoms with Crippen molar-refractivity contribution in [2.45, 2.75) is 25.6 Å². The molecule has 0 atom stereocenters. The number of benzene rings is 1. The number of hydrogen-bond donors (Lipinski definition) is 2. The Bertz CT molecular complexity index is 887. The summed E-state index contributed by atoms with van der Waals surface area (Å²) in [6.45, 7) is 1.53. The Morgan fingerprint density at radius 2 is 1.76 bits per heavy atom. The number of amides is 3. The second-order valence-electron chi connectivity index (χ2n) is 7.00. The molecule has 0 radical (unpaired) electrons. The van der Waals surface area contributed by atoms with Crippen LogP contribution in [0.2, 0.25) is 0 Å². The molecule has 0 aliphatic rings. The van der Waals surface area contributed by atoms with Crippen LogP contribution in [0, 0.1) is 0 Å². The lowest BCUT2D eigenvalue weighted by atomic mass is 10.2. The topological polar surface area (TPSA) is 106 Å². The molecule has 12 heteroatoms. The molecule has 1 aromatic carbocycles. The number of nitrogens with one attached hydrogen (secondary N) is 2. The highest BCUT2D eigenvalue weighted by Crippen LogP contribution is 2.29. The second kappa shape index (κ2) is 12.8. The molecule has 3 amide bonds. The van der Waals surface area contributed by atoms with E-state index in [0.29, 0.717) is 32.6 Å². The average molecular weight is 472 g/mol. The predicted octanol–water partition coefficient (Wildman–Crippen LogP) is 3.53. The van der Waals surface area contributed by atoms with E-state index in [2.05, 4.69) is 15.6 Å². The number of alkyl halides is 3. The number of halogens is 3. The van der Waals surface area contributed by atoms with Gasteiger partial charge in [0, 0.05) is 46.2 Å². The number of anilines is 1. The minimum Gasteiger partial charge on any atom is -0.446 e. The largest absolute Gasteiger partial charge is 0.446 e. The van der Waals surface area contributed by atoms with Crippen LogP contribution in [-0.2, 0) is 22.2 Å². The van der Waals surface area contributed by atoms with Crippen molar-refractivity contribution in [1.29, 1.82) is 0 Å². The summed E-state index contributed by atoms with van der Waals surface area (Å²) in [6.07, 6.45) is -2.12. The Kier molecular flexibility index (Phi) is 10.1. The van der Waals surface area contributed by atoms with Crippen LogP contribution in [0.3, 0.4) is 0 Å². The molecule has 1 heterocycles. The molecular formula is C21H27F3N4O5. The maximum Gasteiger partial charge on any atom is 0.416 e. The van der Waals surface area contributed by atoms with Gasteiger partial charge in [0.1, 0.15) is 6.26 Å². The highest BCUT2D eigenvalue weighted by molar-refractivity contribution is 5.92. The van der Waals surface area contributed by atoms with Crippen molar-refractivity contribution in [2.24, 2.45) is 0 Å². The Morgan fingerprint density at radius 1 is 1.09 bits per heavy atom. The molecule has 2 N–H and O–H groups in total. The van der Waals surface area contributed by atoms with Crippen LogP contribution in [0.5, 0.6) is 0 Å². The van der Waals surface area contributed by atoms with Crippen molar-refractivity contribution in [2.75, 3.05) is 45.8 Å². The van der Waals surface area contributed by atoms with Gasteiger partial charge in [-0.25, -0.2) is 9.78 Å². The number of urea groups is 1. The molecule has 2 rings (SSSR count). The summed E-state index contributed by atoms with van der Waals surface area (Å²) in [5, 5.41) is 5.24. The van der Waals surface area contributed by atoms with Gasteiger partial charge >= 0.3 is 12.2 Å². The van der Waals surface area contributed by atoms with Gasteiger partial charge in [-0.15, -0.1) is 0 Å². The maximum atomic E-state index is 12.7. The van der Waals surface area contributed by atoms with Crippen LogP contribution in [-0.4, -0.2) is 62.3 Å². The molecule has 0 saturated heterocycles. The summed E-state index contributed by atoms with van der Waals surface area (Å²) in [7, 11) is 3.09. The van der Waals surface area contributed by atoms with Crippen molar-refractivity contribution in [3.63, 3.8) is 0 Å². The minimum absolute atomic E-state index is 0.0485. The molecule has 0 spiro atoms. The van der Waals surface area contributed by atoms with Crippen molar-refractivity contribution in [3.05, 3.63) is 47.7 Å². The highest BCUT2D eigenvalue weighted by Gasteiger charge is 2.30. The lowest BCUT2D eigenvalue weighted by Gasteiger charge is -2.21. The van der Waals surface area contributed by atoms with Crippen molar-refractivity contribution in [3.8, 4) is 0 Å². The van der Waals surface area contributed by atoms with Gasteiger partial charge in [0.15, 0.2) is 5.69 Å². The summed E-state index contributed by atoms with van der Waals surface area (Å²) in [4.78, 5) is 30.3. The fraction of sp³-hybridized carbons (Fsp3) is 0.476. The smallest absolute Gasteiger partial charge is 0.416 e. The lowest BCUT2D eigenvalue weighted by molar-refractivity contribution is -0.137. The van der Waals surface area contributed by atoms with Gasteiger partial charge in [0.25, 0.3) is 5.91 Å². The van der Waals surface area contributed by atoms with Crippen LogP contribution in [0.15, 0.2) is 34.9 Å². The first-order valence-electron chi connectivity index (χ1n) is 10.2. The SMILES string of the molecule is COCCCNC(=O)c1coc(CN(CCCOC)C(=O)Nc2ccc(C(F)(F)F)cc2)n1. The fourth-order valence-corrected chi connectivity index (χ4v) is 2.76. The predicted molar refractivity (Wildman–Crippen MR) is 113 cm³/mol. The third kappa shape index (κ3) is 8.73. The minimum atomic E-state index is -4.46. The monoisotopic (exact) mass is 472 g/mol. The zero-order valence-corrected chi connectivity index (χ0v) is 18.4. The van der Waals surface area contributed by atoms with Crippen molar-refractivity contribution >= 4 is 17.6 Å². The molecule has 0 fully saturated rings. The van der Waals surface area contributed by atoms with Gasteiger partial charge in [-0.3, -0.25) is 4.79 Å². The normalized spacial score (nSPS) is 11.3. The van der Waals surface area contributed by atoms with Gasteiger partial charge in [-0.05, 0) is 37.1 Å². The molecule has 0 aliphatic heterocycles. The number of oxazole rings is 1. The molecule has 0 unspecified atom stereocenters. The molecule has 1 aromatic heterocycles. The van der Waals surface area contributed by atoms with E-state index in [0.717, 1.165) is 12.1 Å². The number of ether oxygens (including phenoxy) is 2. The van der Waals surface area contributed by atoms with Crippen molar-refractivity contribution in [1.82, 2.24) is 15.2 Å². The third-order valence-electron chi connectivity index (χ3n) is 4.45. The fourth-order valence-electron chi connectivity index (χ4n) is 2.76. The van der Waals surface area contributed by atoms with Crippen LogP contribution in [0.1, 0.15) is 34.8 Å². The van der Waals surface area contributed by atoms with Gasteiger partial charge in [0.2, 0.25) is 5.89 Å². The number of methoxy groups -OCH3 is 2. The molecule has 33 heavy (non-hydrogen) atoms. The summed E-state index contributed by atoms with van der Waals surface area (Å²) >= 11 is 0. The number of nitrogens with zero attached hydrogens (tertiary/aromatic N) is 2. The molecule has 2 aromatic rings. The van der Waals surface area contributed by atoms with Crippen LogP contribution >= 0.6 is 0 Å². The number of rotatable bonds is 12. The van der Waals surface area contributed by atoms with Gasteiger partial charge in [-0.1, -0.05) is 0 Å². The lowest BCUT2D eigenvalue weighted by Crippen LogP contribution is -2.36. The zero-order valence-electron chi connectivity index (χ0n) is 18.4. The van der Waals surface area contributed by atoms with E-state index in [9.17, 15) is 22.8 Å². The Morgan fingerprint density at radius 3 is 2.39 bits per heavy atom. The number of hydrogen-bond acceptors (Lipinski definition) is 6. The number of carbonyl (C=O) groups is 2. The summed E-state index contributed by atoms with van der Waals surface area (Å²) < 4.78 is 53.4. The number of aromatic nitrogens is 1. The first kappa shape index (κ1) is 26.1. The van der Waals surface area contributed by atoms with Gasteiger partial charge in [-0.2, -0.15) is 13.2 Å². The molecular weight excluding hydrogens is 445 g/mol. The quantitative estimate of drug-likeness (QED) is 0.458. The zero-order chi connectivity index (χ0) is 24.3. The van der Waals surface area contributed by atoms with Gasteiger partial charge in [0.05, 0.1) is 12.1 Å². The molecule has 9 nitrogen and oxygen atoms in total. The van der Waals surface area contributed by atoms with Crippen molar-refractivity contribution < 1.29 is 36.7 Å². The van der Waals surface area contributed by atoms with E-state index in [1.54, 1.807) is 7.11 Å². The van der Waals surface area contributed by atoms with E-state index >= 15 is 0 Å². The number of carbonyl (C=O) groups excluding carboxylic acids is 2.